The summed E-state index contributed by atoms with van der Waals surface area (Å²) in [6.07, 6.45) is 4.56. The molecule has 0 spiro atoms. The van der Waals surface area contributed by atoms with E-state index >= 15 is 0 Å². The molecule has 1 aromatic heterocycles. The van der Waals surface area contributed by atoms with Gasteiger partial charge in [-0.3, -0.25) is 0 Å². The van der Waals surface area contributed by atoms with Crippen LogP contribution < -0.4 is 5.32 Å². The Morgan fingerprint density at radius 2 is 2.06 bits per heavy atom. The van der Waals surface area contributed by atoms with Crippen LogP contribution in [0, 0.1) is 12.8 Å². The first-order chi connectivity index (χ1) is 7.54. The Bertz CT molecular complexity index is 315. The van der Waals surface area contributed by atoms with Gasteiger partial charge < -0.3 is 9.88 Å². The molecule has 3 nitrogen and oxygen atoms in total. The van der Waals surface area contributed by atoms with Gasteiger partial charge in [0.05, 0.1) is 5.69 Å². The lowest BCUT2D eigenvalue weighted by Crippen LogP contribution is -2.23. The largest absolute Gasteiger partial charge is 0.353 e. The van der Waals surface area contributed by atoms with E-state index in [0.29, 0.717) is 12.0 Å². The van der Waals surface area contributed by atoms with Gasteiger partial charge in [-0.1, -0.05) is 27.2 Å². The number of aromatic nitrogens is 2. The van der Waals surface area contributed by atoms with E-state index in [0.717, 1.165) is 18.2 Å². The molecular formula is C13H25N3. The first-order valence-corrected chi connectivity index (χ1v) is 6.35. The molecule has 0 bridgehead atoms. The van der Waals surface area contributed by atoms with E-state index in [-0.39, 0.29) is 0 Å². The average Bonchev–Trinajstić information content (AvgIpc) is 2.55. The van der Waals surface area contributed by atoms with Crippen LogP contribution in [-0.4, -0.2) is 15.6 Å². The summed E-state index contributed by atoms with van der Waals surface area (Å²) in [7, 11) is 0. The zero-order valence-corrected chi connectivity index (χ0v) is 11.2. The molecule has 0 aliphatic rings. The standard InChI is InChI=1S/C13H25N3/c1-6-7-8-16-9-11(4)14-13(16)15-12(5)10(2)3/h9-10,12H,6-8H2,1-5H3,(H,14,15). The molecule has 3 heteroatoms. The summed E-state index contributed by atoms with van der Waals surface area (Å²) in [4.78, 5) is 4.54. The molecule has 1 unspecified atom stereocenters. The quantitative estimate of drug-likeness (QED) is 0.800. The van der Waals surface area contributed by atoms with Crippen molar-refractivity contribution >= 4 is 5.95 Å². The third-order valence-electron chi connectivity index (χ3n) is 3.01. The number of hydrogen-bond donors (Lipinski definition) is 1. The van der Waals surface area contributed by atoms with Gasteiger partial charge in [0.2, 0.25) is 5.95 Å². The summed E-state index contributed by atoms with van der Waals surface area (Å²) >= 11 is 0. The molecule has 0 aliphatic heterocycles. The second-order valence-electron chi connectivity index (χ2n) is 4.93. The van der Waals surface area contributed by atoms with Crippen molar-refractivity contribution in [2.45, 2.75) is 60.0 Å². The molecule has 1 heterocycles. The maximum Gasteiger partial charge on any atom is 0.203 e. The van der Waals surface area contributed by atoms with Gasteiger partial charge in [-0.15, -0.1) is 0 Å². The van der Waals surface area contributed by atoms with Crippen molar-refractivity contribution in [1.29, 1.82) is 0 Å². The van der Waals surface area contributed by atoms with Crippen molar-refractivity contribution in [2.75, 3.05) is 5.32 Å². The lowest BCUT2D eigenvalue weighted by molar-refractivity contribution is 0.547. The summed E-state index contributed by atoms with van der Waals surface area (Å²) in [5, 5.41) is 3.49. The van der Waals surface area contributed by atoms with E-state index in [1.54, 1.807) is 0 Å². The van der Waals surface area contributed by atoms with Crippen LogP contribution in [0.25, 0.3) is 0 Å². The Morgan fingerprint density at radius 3 is 2.62 bits per heavy atom. The molecular weight excluding hydrogens is 198 g/mol. The van der Waals surface area contributed by atoms with Crippen LogP contribution in [0.5, 0.6) is 0 Å². The van der Waals surface area contributed by atoms with Crippen molar-refractivity contribution < 1.29 is 0 Å². The molecule has 0 aromatic carbocycles. The molecule has 0 saturated heterocycles. The molecule has 0 saturated carbocycles. The van der Waals surface area contributed by atoms with Crippen molar-refractivity contribution in [1.82, 2.24) is 9.55 Å². The Balaban J connectivity index is 2.70. The molecule has 0 amide bonds. The zero-order chi connectivity index (χ0) is 12.1. The smallest absolute Gasteiger partial charge is 0.203 e. The van der Waals surface area contributed by atoms with E-state index in [2.05, 4.69) is 48.8 Å². The van der Waals surface area contributed by atoms with E-state index in [1.807, 2.05) is 6.92 Å². The van der Waals surface area contributed by atoms with Gasteiger partial charge in [0.15, 0.2) is 0 Å². The van der Waals surface area contributed by atoms with Gasteiger partial charge in [0, 0.05) is 18.8 Å². The minimum atomic E-state index is 0.460. The zero-order valence-electron chi connectivity index (χ0n) is 11.2. The SMILES string of the molecule is CCCCn1cc(C)nc1NC(C)C(C)C. The fraction of sp³-hybridized carbons (Fsp3) is 0.769. The molecule has 0 fully saturated rings. The Hall–Kier alpha value is -0.990. The van der Waals surface area contributed by atoms with Crippen LogP contribution in [0.2, 0.25) is 0 Å². The molecule has 1 atom stereocenters. The second-order valence-corrected chi connectivity index (χ2v) is 4.93. The van der Waals surface area contributed by atoms with Crippen LogP contribution in [0.15, 0.2) is 6.20 Å². The highest BCUT2D eigenvalue weighted by Gasteiger charge is 2.11. The minimum absolute atomic E-state index is 0.460. The Labute approximate surface area is 99.3 Å². The average molecular weight is 223 g/mol. The molecule has 92 valence electrons. The number of imidazole rings is 1. The predicted octanol–water partition coefficient (Wildman–Crippen LogP) is 3.45. The lowest BCUT2D eigenvalue weighted by atomic mass is 10.1. The Morgan fingerprint density at radius 1 is 1.38 bits per heavy atom. The van der Waals surface area contributed by atoms with Crippen molar-refractivity contribution in [3.05, 3.63) is 11.9 Å². The van der Waals surface area contributed by atoms with Gasteiger partial charge in [0.1, 0.15) is 0 Å². The van der Waals surface area contributed by atoms with Crippen molar-refractivity contribution in [2.24, 2.45) is 5.92 Å². The van der Waals surface area contributed by atoms with E-state index < -0.39 is 0 Å². The summed E-state index contributed by atoms with van der Waals surface area (Å²) in [6.45, 7) is 12.0. The third kappa shape index (κ3) is 3.54. The number of anilines is 1. The lowest BCUT2D eigenvalue weighted by Gasteiger charge is -2.18. The third-order valence-corrected chi connectivity index (χ3v) is 3.01. The second kappa shape index (κ2) is 5.92. The minimum Gasteiger partial charge on any atom is -0.353 e. The first-order valence-electron chi connectivity index (χ1n) is 6.35. The topological polar surface area (TPSA) is 29.9 Å². The van der Waals surface area contributed by atoms with Gasteiger partial charge in [0.25, 0.3) is 0 Å². The maximum atomic E-state index is 4.54. The van der Waals surface area contributed by atoms with Gasteiger partial charge >= 0.3 is 0 Å². The van der Waals surface area contributed by atoms with Crippen LogP contribution >= 0.6 is 0 Å². The highest BCUT2D eigenvalue weighted by molar-refractivity contribution is 5.30. The van der Waals surface area contributed by atoms with Crippen LogP contribution in [-0.2, 0) is 6.54 Å². The Kier molecular flexibility index (Phi) is 4.84. The number of rotatable bonds is 6. The number of nitrogens with zero attached hydrogens (tertiary/aromatic N) is 2. The molecule has 1 aromatic rings. The van der Waals surface area contributed by atoms with Gasteiger partial charge in [-0.05, 0) is 26.2 Å². The molecule has 1 N–H and O–H groups in total. The fourth-order valence-electron chi connectivity index (χ4n) is 1.53. The van der Waals surface area contributed by atoms with Crippen molar-refractivity contribution in [3.8, 4) is 0 Å². The van der Waals surface area contributed by atoms with E-state index in [9.17, 15) is 0 Å². The molecule has 0 aliphatic carbocycles. The summed E-state index contributed by atoms with van der Waals surface area (Å²) in [6, 6.07) is 0.460. The summed E-state index contributed by atoms with van der Waals surface area (Å²) in [5.41, 5.74) is 1.09. The summed E-state index contributed by atoms with van der Waals surface area (Å²) < 4.78 is 2.23. The number of aryl methyl sites for hydroxylation is 2. The summed E-state index contributed by atoms with van der Waals surface area (Å²) in [5.74, 6) is 1.64. The highest BCUT2D eigenvalue weighted by Crippen LogP contribution is 2.13. The first kappa shape index (κ1) is 13.1. The van der Waals surface area contributed by atoms with Crippen molar-refractivity contribution in [3.63, 3.8) is 0 Å². The monoisotopic (exact) mass is 223 g/mol. The predicted molar refractivity (Wildman–Crippen MR) is 69.8 cm³/mol. The van der Waals surface area contributed by atoms with Crippen LogP contribution in [0.4, 0.5) is 5.95 Å². The molecule has 0 radical (unpaired) electrons. The normalized spacial score (nSPS) is 13.1. The molecule has 1 rings (SSSR count). The number of nitrogens with one attached hydrogen (secondary N) is 1. The van der Waals surface area contributed by atoms with E-state index in [1.165, 1.54) is 12.8 Å². The van der Waals surface area contributed by atoms with E-state index in [4.69, 9.17) is 0 Å². The number of unbranched alkanes of at least 4 members (excludes halogenated alkanes) is 1. The highest BCUT2D eigenvalue weighted by atomic mass is 15.2. The van der Waals surface area contributed by atoms with Gasteiger partial charge in [-0.2, -0.15) is 0 Å². The number of hydrogen-bond acceptors (Lipinski definition) is 2. The fourth-order valence-corrected chi connectivity index (χ4v) is 1.53. The van der Waals surface area contributed by atoms with Crippen LogP contribution in [0.3, 0.4) is 0 Å². The maximum absolute atomic E-state index is 4.54. The van der Waals surface area contributed by atoms with Crippen LogP contribution in [0.1, 0.15) is 46.2 Å². The van der Waals surface area contributed by atoms with Gasteiger partial charge in [-0.25, -0.2) is 4.98 Å². The molecule has 16 heavy (non-hydrogen) atoms.